The van der Waals surface area contributed by atoms with Gasteiger partial charge < -0.3 is 0 Å². The highest BCUT2D eigenvalue weighted by molar-refractivity contribution is 9.10. The Kier molecular flexibility index (Phi) is 5.36. The molecule has 4 nitrogen and oxygen atoms in total. The first-order chi connectivity index (χ1) is 13.2. The third-order valence-corrected chi connectivity index (χ3v) is 5.77. The Morgan fingerprint density at radius 3 is 2.67 bits per heavy atom. The van der Waals surface area contributed by atoms with Gasteiger partial charge in [0.1, 0.15) is 0 Å². The summed E-state index contributed by atoms with van der Waals surface area (Å²) in [6.07, 6.45) is 1.69. The molecule has 0 N–H and O–H groups in total. The van der Waals surface area contributed by atoms with Crippen LogP contribution in [0.1, 0.15) is 11.1 Å². The first kappa shape index (κ1) is 17.9. The highest BCUT2D eigenvalue weighted by Gasteiger charge is 2.28. The Balaban J connectivity index is 1.57. The van der Waals surface area contributed by atoms with E-state index in [1.54, 1.807) is 11.1 Å². The minimum atomic E-state index is 0.0607. The number of hydrogen-bond acceptors (Lipinski definition) is 4. The number of thioether (sulfide) groups is 1. The molecule has 0 radical (unpaired) electrons. The Hall–Kier alpha value is -2.44. The zero-order valence-electron chi connectivity index (χ0n) is 14.4. The van der Waals surface area contributed by atoms with Crippen molar-refractivity contribution in [1.29, 1.82) is 0 Å². The summed E-state index contributed by atoms with van der Waals surface area (Å²) in [7, 11) is 0. The van der Waals surface area contributed by atoms with E-state index in [-0.39, 0.29) is 5.91 Å². The number of carbonyl (C=O) groups excluding carboxylic acids is 1. The van der Waals surface area contributed by atoms with Crippen molar-refractivity contribution < 1.29 is 4.79 Å². The molecule has 3 aromatic carbocycles. The van der Waals surface area contributed by atoms with Crippen molar-refractivity contribution in [2.24, 2.45) is 10.2 Å². The molecule has 4 rings (SSSR count). The minimum Gasteiger partial charge on any atom is -0.285 e. The van der Waals surface area contributed by atoms with Crippen molar-refractivity contribution >= 4 is 55.8 Å². The molecule has 134 valence electrons. The normalized spacial score (nSPS) is 16.1. The number of nitrogens with zero attached hydrogens (tertiary/aromatic N) is 3. The molecule has 0 saturated carbocycles. The van der Waals surface area contributed by atoms with Crippen LogP contribution >= 0.6 is 27.7 Å². The van der Waals surface area contributed by atoms with Crippen molar-refractivity contribution in [3.63, 3.8) is 0 Å². The van der Waals surface area contributed by atoms with E-state index in [1.807, 2.05) is 42.5 Å². The molecule has 0 atom stereocenters. The minimum absolute atomic E-state index is 0.0607. The van der Waals surface area contributed by atoms with Gasteiger partial charge in [0.15, 0.2) is 5.17 Å². The third-order valence-electron chi connectivity index (χ3n) is 4.29. The average Bonchev–Trinajstić information content (AvgIpc) is 3.03. The largest absolute Gasteiger partial charge is 0.285 e. The SMILES string of the molecule is O=C1CS/C(=N/N=C/c2ccc(Br)cc2)N1Cc1cccc2ccccc12. The maximum atomic E-state index is 12.4. The van der Waals surface area contributed by atoms with Gasteiger partial charge in [-0.15, -0.1) is 5.10 Å². The zero-order valence-corrected chi connectivity index (χ0v) is 16.8. The molecule has 1 amide bonds. The number of halogens is 1. The van der Waals surface area contributed by atoms with Gasteiger partial charge in [-0.2, -0.15) is 5.10 Å². The van der Waals surface area contributed by atoms with Gasteiger partial charge in [-0.1, -0.05) is 82.3 Å². The van der Waals surface area contributed by atoms with Gasteiger partial charge in [0, 0.05) is 4.47 Å². The van der Waals surface area contributed by atoms with Gasteiger partial charge in [-0.05, 0) is 34.0 Å². The summed E-state index contributed by atoms with van der Waals surface area (Å²) in [6.45, 7) is 0.500. The van der Waals surface area contributed by atoms with Crippen molar-refractivity contribution in [1.82, 2.24) is 4.90 Å². The highest BCUT2D eigenvalue weighted by atomic mass is 79.9. The van der Waals surface area contributed by atoms with E-state index in [4.69, 9.17) is 0 Å². The first-order valence-electron chi connectivity index (χ1n) is 8.47. The number of hydrogen-bond donors (Lipinski definition) is 0. The molecule has 6 heteroatoms. The van der Waals surface area contributed by atoms with Crippen LogP contribution in [0.15, 0.2) is 81.4 Å². The quantitative estimate of drug-likeness (QED) is 0.422. The Morgan fingerprint density at radius 1 is 1.04 bits per heavy atom. The van der Waals surface area contributed by atoms with E-state index in [9.17, 15) is 4.79 Å². The lowest BCUT2D eigenvalue weighted by atomic mass is 10.0. The van der Waals surface area contributed by atoms with Gasteiger partial charge in [0.2, 0.25) is 5.91 Å². The number of carbonyl (C=O) groups is 1. The second kappa shape index (κ2) is 8.06. The lowest BCUT2D eigenvalue weighted by Gasteiger charge is -2.16. The van der Waals surface area contributed by atoms with Crippen LogP contribution in [0.2, 0.25) is 0 Å². The van der Waals surface area contributed by atoms with Crippen LogP contribution < -0.4 is 0 Å². The fourth-order valence-corrected chi connectivity index (χ4v) is 4.02. The summed E-state index contributed by atoms with van der Waals surface area (Å²) in [6, 6.07) is 22.2. The van der Waals surface area contributed by atoms with Crippen molar-refractivity contribution in [3.05, 3.63) is 82.3 Å². The number of amides is 1. The molecule has 1 saturated heterocycles. The molecule has 0 bridgehead atoms. The van der Waals surface area contributed by atoms with E-state index in [2.05, 4.69) is 50.4 Å². The Bertz CT molecular complexity index is 1040. The molecule has 27 heavy (non-hydrogen) atoms. The van der Waals surface area contributed by atoms with Gasteiger partial charge in [0.05, 0.1) is 18.5 Å². The maximum absolute atomic E-state index is 12.4. The van der Waals surface area contributed by atoms with Crippen LogP contribution in [0, 0.1) is 0 Å². The van der Waals surface area contributed by atoms with E-state index in [0.29, 0.717) is 17.5 Å². The summed E-state index contributed by atoms with van der Waals surface area (Å²) < 4.78 is 1.02. The average molecular weight is 438 g/mol. The molecule has 1 aliphatic rings. The lowest BCUT2D eigenvalue weighted by molar-refractivity contribution is -0.124. The number of benzene rings is 3. The Morgan fingerprint density at radius 2 is 1.81 bits per heavy atom. The van der Waals surface area contributed by atoms with E-state index >= 15 is 0 Å². The molecule has 0 aliphatic carbocycles. The number of amidine groups is 1. The van der Waals surface area contributed by atoms with Gasteiger partial charge in [-0.25, -0.2) is 0 Å². The van der Waals surface area contributed by atoms with Crippen LogP contribution in [0.25, 0.3) is 10.8 Å². The van der Waals surface area contributed by atoms with Crippen LogP contribution in [0.4, 0.5) is 0 Å². The van der Waals surface area contributed by atoms with Crippen molar-refractivity contribution in [3.8, 4) is 0 Å². The number of rotatable bonds is 4. The van der Waals surface area contributed by atoms with Crippen LogP contribution in [0.3, 0.4) is 0 Å². The molecule has 0 aromatic heterocycles. The van der Waals surface area contributed by atoms with Gasteiger partial charge >= 0.3 is 0 Å². The molecule has 1 heterocycles. The van der Waals surface area contributed by atoms with Crippen molar-refractivity contribution in [2.75, 3.05) is 5.75 Å². The molecule has 1 aliphatic heterocycles. The van der Waals surface area contributed by atoms with Crippen LogP contribution in [-0.4, -0.2) is 27.9 Å². The summed E-state index contributed by atoms with van der Waals surface area (Å²) in [4.78, 5) is 14.1. The van der Waals surface area contributed by atoms with E-state index < -0.39 is 0 Å². The lowest BCUT2D eigenvalue weighted by Crippen LogP contribution is -2.28. The fourth-order valence-electron chi connectivity index (χ4n) is 2.92. The predicted octanol–water partition coefficient (Wildman–Crippen LogP) is 5.07. The summed E-state index contributed by atoms with van der Waals surface area (Å²) >= 11 is 4.84. The van der Waals surface area contributed by atoms with E-state index in [0.717, 1.165) is 21.0 Å². The smallest absolute Gasteiger partial charge is 0.239 e. The zero-order chi connectivity index (χ0) is 18.6. The summed E-state index contributed by atoms with van der Waals surface area (Å²) in [5.41, 5.74) is 2.06. The highest BCUT2D eigenvalue weighted by Crippen LogP contribution is 2.25. The molecule has 0 unspecified atom stereocenters. The predicted molar refractivity (Wildman–Crippen MR) is 116 cm³/mol. The second-order valence-electron chi connectivity index (χ2n) is 6.09. The van der Waals surface area contributed by atoms with Gasteiger partial charge in [0.25, 0.3) is 0 Å². The van der Waals surface area contributed by atoms with Crippen LogP contribution in [0.5, 0.6) is 0 Å². The standard InChI is InChI=1S/C21H16BrN3OS/c22-18-10-8-15(9-11-18)12-23-24-21-25(20(26)14-27-21)13-17-6-3-5-16-4-1-2-7-19(16)17/h1-12H,13-14H2/b23-12+,24-21+. The Labute approximate surface area is 170 Å². The summed E-state index contributed by atoms with van der Waals surface area (Å²) in [5, 5.41) is 11.4. The molecular weight excluding hydrogens is 422 g/mol. The van der Waals surface area contributed by atoms with Crippen molar-refractivity contribution in [2.45, 2.75) is 6.54 Å². The molecule has 3 aromatic rings. The second-order valence-corrected chi connectivity index (χ2v) is 7.94. The van der Waals surface area contributed by atoms with Crippen LogP contribution in [-0.2, 0) is 11.3 Å². The number of fused-ring (bicyclic) bond motifs is 1. The third kappa shape index (κ3) is 4.12. The maximum Gasteiger partial charge on any atom is 0.239 e. The molecule has 0 spiro atoms. The van der Waals surface area contributed by atoms with Gasteiger partial charge in [-0.3, -0.25) is 9.69 Å². The molecule has 1 fully saturated rings. The fraction of sp³-hybridized carbons (Fsp3) is 0.0952. The molecular formula is C21H16BrN3OS. The van der Waals surface area contributed by atoms with E-state index in [1.165, 1.54) is 17.1 Å². The summed E-state index contributed by atoms with van der Waals surface area (Å²) in [5.74, 6) is 0.461. The first-order valence-corrected chi connectivity index (χ1v) is 10.2. The topological polar surface area (TPSA) is 45.0 Å². The monoisotopic (exact) mass is 437 g/mol.